The van der Waals surface area contributed by atoms with Crippen LogP contribution in [0.4, 0.5) is 0 Å². The van der Waals surface area contributed by atoms with Crippen molar-refractivity contribution in [3.05, 3.63) is 57.3 Å². The maximum absolute atomic E-state index is 12.6. The van der Waals surface area contributed by atoms with Crippen molar-refractivity contribution in [2.45, 2.75) is 19.9 Å². The third-order valence-electron chi connectivity index (χ3n) is 5.08. The average Bonchev–Trinajstić information content (AvgIpc) is 3.13. The van der Waals surface area contributed by atoms with Gasteiger partial charge in [-0.2, -0.15) is 0 Å². The Bertz CT molecular complexity index is 706. The Hall–Kier alpha value is -1.69. The van der Waals surface area contributed by atoms with Crippen LogP contribution in [0, 0.1) is 13.8 Å². The van der Waals surface area contributed by atoms with Crippen molar-refractivity contribution >= 4 is 17.2 Å². The lowest BCUT2D eigenvalue weighted by Gasteiger charge is -2.37. The molecule has 1 amide bonds. The molecular formula is C20H27N3OS. The van der Waals surface area contributed by atoms with Crippen LogP contribution < -0.4 is 5.32 Å². The van der Waals surface area contributed by atoms with E-state index in [4.69, 9.17) is 0 Å². The predicted molar refractivity (Wildman–Crippen MR) is 104 cm³/mol. The molecule has 1 unspecified atom stereocenters. The van der Waals surface area contributed by atoms with Gasteiger partial charge in [0.25, 0.3) is 5.91 Å². The van der Waals surface area contributed by atoms with Crippen molar-refractivity contribution in [1.29, 1.82) is 0 Å². The molecule has 1 N–H and O–H groups in total. The molecule has 1 aromatic carbocycles. The fourth-order valence-corrected chi connectivity index (χ4v) is 4.06. The van der Waals surface area contributed by atoms with Gasteiger partial charge in [-0.05, 0) is 55.6 Å². The Balaban J connectivity index is 1.68. The van der Waals surface area contributed by atoms with Crippen LogP contribution in [-0.2, 0) is 0 Å². The fourth-order valence-electron chi connectivity index (χ4n) is 3.20. The number of hydrogen-bond donors (Lipinski definition) is 1. The van der Waals surface area contributed by atoms with E-state index in [-0.39, 0.29) is 11.9 Å². The summed E-state index contributed by atoms with van der Waals surface area (Å²) in [6.07, 6.45) is 0. The summed E-state index contributed by atoms with van der Waals surface area (Å²) in [5.41, 5.74) is 3.11. The van der Waals surface area contributed by atoms with E-state index in [1.807, 2.05) is 25.1 Å². The number of benzene rings is 1. The van der Waals surface area contributed by atoms with Crippen LogP contribution >= 0.6 is 11.3 Å². The van der Waals surface area contributed by atoms with Crippen LogP contribution in [0.1, 0.15) is 32.4 Å². The number of amides is 1. The number of hydrogen-bond acceptors (Lipinski definition) is 4. The van der Waals surface area contributed by atoms with Crippen molar-refractivity contribution in [3.8, 4) is 0 Å². The van der Waals surface area contributed by atoms with Gasteiger partial charge < -0.3 is 10.2 Å². The molecule has 4 nitrogen and oxygen atoms in total. The Labute approximate surface area is 154 Å². The minimum atomic E-state index is 0.0128. The first kappa shape index (κ1) is 18.1. The number of thiophene rings is 1. The zero-order valence-electron chi connectivity index (χ0n) is 15.3. The molecule has 2 aromatic rings. The van der Waals surface area contributed by atoms with Gasteiger partial charge in [0.2, 0.25) is 0 Å². The lowest BCUT2D eigenvalue weighted by Crippen LogP contribution is -2.48. The monoisotopic (exact) mass is 357 g/mol. The average molecular weight is 358 g/mol. The predicted octanol–water partition coefficient (Wildman–Crippen LogP) is 3.08. The lowest BCUT2D eigenvalue weighted by atomic mass is 10.1. The number of piperazine rings is 1. The Morgan fingerprint density at radius 2 is 1.92 bits per heavy atom. The van der Waals surface area contributed by atoms with Crippen molar-refractivity contribution in [3.63, 3.8) is 0 Å². The summed E-state index contributed by atoms with van der Waals surface area (Å²) in [4.78, 5) is 18.8. The molecule has 1 fully saturated rings. The van der Waals surface area contributed by atoms with E-state index >= 15 is 0 Å². The number of aryl methyl sites for hydroxylation is 2. The van der Waals surface area contributed by atoms with Crippen LogP contribution in [-0.4, -0.2) is 55.5 Å². The molecule has 1 atom stereocenters. The SMILES string of the molecule is Cc1ccc(C(=O)NCC(c2cccs2)N2CCN(C)CC2)cc1C. The molecule has 5 heteroatoms. The van der Waals surface area contributed by atoms with Gasteiger partial charge >= 0.3 is 0 Å². The first-order chi connectivity index (χ1) is 12.0. The highest BCUT2D eigenvalue weighted by molar-refractivity contribution is 7.10. The quantitative estimate of drug-likeness (QED) is 0.893. The summed E-state index contributed by atoms with van der Waals surface area (Å²) >= 11 is 1.77. The summed E-state index contributed by atoms with van der Waals surface area (Å²) in [5.74, 6) is 0.0128. The molecule has 3 rings (SSSR count). The zero-order chi connectivity index (χ0) is 17.8. The van der Waals surface area contributed by atoms with E-state index in [9.17, 15) is 4.79 Å². The van der Waals surface area contributed by atoms with Crippen LogP contribution in [0.15, 0.2) is 35.7 Å². The summed E-state index contributed by atoms with van der Waals surface area (Å²) in [6, 6.07) is 10.4. The first-order valence-electron chi connectivity index (χ1n) is 8.86. The summed E-state index contributed by atoms with van der Waals surface area (Å²) in [5, 5.41) is 5.27. The third kappa shape index (κ3) is 4.48. The number of likely N-dealkylation sites (N-methyl/N-ethyl adjacent to an activating group) is 1. The summed E-state index contributed by atoms with van der Waals surface area (Å²) < 4.78 is 0. The topological polar surface area (TPSA) is 35.6 Å². The highest BCUT2D eigenvalue weighted by Gasteiger charge is 2.25. The zero-order valence-corrected chi connectivity index (χ0v) is 16.1. The minimum absolute atomic E-state index is 0.0128. The van der Waals surface area contributed by atoms with Gasteiger partial charge in [-0.15, -0.1) is 11.3 Å². The molecule has 25 heavy (non-hydrogen) atoms. The number of carbonyl (C=O) groups is 1. The largest absolute Gasteiger partial charge is 0.350 e. The molecule has 1 aromatic heterocycles. The first-order valence-corrected chi connectivity index (χ1v) is 9.74. The molecule has 0 aliphatic carbocycles. The van der Waals surface area contributed by atoms with Crippen molar-refractivity contribution < 1.29 is 4.79 Å². The Morgan fingerprint density at radius 1 is 1.16 bits per heavy atom. The van der Waals surface area contributed by atoms with Gasteiger partial charge in [0.15, 0.2) is 0 Å². The second kappa shape index (κ2) is 8.13. The molecule has 0 spiro atoms. The standard InChI is InChI=1S/C20H27N3OS/c1-15-6-7-17(13-16(15)2)20(24)21-14-18(19-5-4-12-25-19)23-10-8-22(3)9-11-23/h4-7,12-13,18H,8-11,14H2,1-3H3,(H,21,24). The van der Waals surface area contributed by atoms with E-state index in [0.29, 0.717) is 6.54 Å². The molecule has 1 saturated heterocycles. The van der Waals surface area contributed by atoms with Gasteiger partial charge in [-0.1, -0.05) is 12.1 Å². The second-order valence-electron chi connectivity index (χ2n) is 6.88. The second-order valence-corrected chi connectivity index (χ2v) is 7.86. The van der Waals surface area contributed by atoms with E-state index in [1.165, 1.54) is 10.4 Å². The van der Waals surface area contributed by atoms with E-state index in [0.717, 1.165) is 37.3 Å². The molecule has 1 aliphatic rings. The molecule has 0 bridgehead atoms. The molecule has 0 saturated carbocycles. The highest BCUT2D eigenvalue weighted by atomic mass is 32.1. The molecule has 2 heterocycles. The molecule has 0 radical (unpaired) electrons. The van der Waals surface area contributed by atoms with Crippen molar-refractivity contribution in [1.82, 2.24) is 15.1 Å². The smallest absolute Gasteiger partial charge is 0.251 e. The normalized spacial score (nSPS) is 17.4. The lowest BCUT2D eigenvalue weighted by molar-refractivity contribution is 0.0890. The van der Waals surface area contributed by atoms with Crippen LogP contribution in [0.3, 0.4) is 0 Å². The van der Waals surface area contributed by atoms with E-state index in [1.54, 1.807) is 11.3 Å². The Morgan fingerprint density at radius 3 is 2.56 bits per heavy atom. The third-order valence-corrected chi connectivity index (χ3v) is 6.05. The number of nitrogens with one attached hydrogen (secondary N) is 1. The van der Waals surface area contributed by atoms with Crippen molar-refractivity contribution in [2.24, 2.45) is 0 Å². The van der Waals surface area contributed by atoms with Crippen LogP contribution in [0.5, 0.6) is 0 Å². The Kier molecular flexibility index (Phi) is 5.89. The van der Waals surface area contributed by atoms with Crippen LogP contribution in [0.2, 0.25) is 0 Å². The van der Waals surface area contributed by atoms with Gasteiger partial charge in [-0.3, -0.25) is 9.69 Å². The van der Waals surface area contributed by atoms with Gasteiger partial charge in [0.1, 0.15) is 0 Å². The summed E-state index contributed by atoms with van der Waals surface area (Å²) in [6.45, 7) is 9.00. The van der Waals surface area contributed by atoms with Gasteiger partial charge in [0.05, 0.1) is 6.04 Å². The molecular weight excluding hydrogens is 330 g/mol. The van der Waals surface area contributed by atoms with Crippen LogP contribution in [0.25, 0.3) is 0 Å². The molecule has 1 aliphatic heterocycles. The summed E-state index contributed by atoms with van der Waals surface area (Å²) in [7, 11) is 2.17. The van der Waals surface area contributed by atoms with Gasteiger partial charge in [-0.25, -0.2) is 0 Å². The van der Waals surface area contributed by atoms with Gasteiger partial charge in [0, 0.05) is 43.2 Å². The maximum atomic E-state index is 12.6. The maximum Gasteiger partial charge on any atom is 0.251 e. The number of carbonyl (C=O) groups excluding carboxylic acids is 1. The number of nitrogens with zero attached hydrogens (tertiary/aromatic N) is 2. The van der Waals surface area contributed by atoms with E-state index < -0.39 is 0 Å². The van der Waals surface area contributed by atoms with Crippen molar-refractivity contribution in [2.75, 3.05) is 39.8 Å². The molecule has 134 valence electrons. The number of rotatable bonds is 5. The minimum Gasteiger partial charge on any atom is -0.350 e. The fraction of sp³-hybridized carbons (Fsp3) is 0.450. The highest BCUT2D eigenvalue weighted by Crippen LogP contribution is 2.25. The van der Waals surface area contributed by atoms with E-state index in [2.05, 4.69) is 46.6 Å².